The molecule has 2 atom stereocenters. The number of halogens is 1. The fourth-order valence-electron chi connectivity index (χ4n) is 2.93. The number of nitrogens with zero attached hydrogens (tertiary/aromatic N) is 3. The first-order valence-corrected chi connectivity index (χ1v) is 7.01. The van der Waals surface area contributed by atoms with Crippen LogP contribution in [0.2, 0.25) is 5.02 Å². The molecule has 0 aliphatic carbocycles. The highest BCUT2D eigenvalue weighted by Gasteiger charge is 2.37. The van der Waals surface area contributed by atoms with Gasteiger partial charge in [0.05, 0.1) is 12.5 Å². The van der Waals surface area contributed by atoms with E-state index in [2.05, 4.69) is 10.1 Å². The maximum Gasteiger partial charge on any atom is 0.307 e. The summed E-state index contributed by atoms with van der Waals surface area (Å²) in [4.78, 5) is 15.7. The van der Waals surface area contributed by atoms with Gasteiger partial charge < -0.3 is 10.8 Å². The van der Waals surface area contributed by atoms with E-state index in [-0.39, 0.29) is 11.9 Å². The summed E-state index contributed by atoms with van der Waals surface area (Å²) in [6, 6.07) is 5.54. The Bertz CT molecular complexity index is 713. The standard InChI is InChI=1S/C14H15ClN4O2/c1-7-2-3-8(15)4-9(7)11-6-19-12(17-14(16)18-19)5-10(11)13(20)21/h2-4,10-11H,5-6H2,1H3,(H2,16,18)(H,20,21). The Hall–Kier alpha value is -2.08. The zero-order chi connectivity index (χ0) is 15.1. The average Bonchev–Trinajstić information content (AvgIpc) is 2.79. The molecule has 0 spiro atoms. The number of rotatable bonds is 2. The minimum absolute atomic E-state index is 0.178. The normalized spacial score (nSPS) is 21.0. The average molecular weight is 307 g/mol. The van der Waals surface area contributed by atoms with Gasteiger partial charge in [-0.15, -0.1) is 5.10 Å². The molecule has 0 radical (unpaired) electrons. The second-order valence-corrected chi connectivity index (χ2v) is 5.76. The predicted molar refractivity (Wildman–Crippen MR) is 78.2 cm³/mol. The minimum atomic E-state index is -0.841. The van der Waals surface area contributed by atoms with E-state index in [4.69, 9.17) is 17.3 Å². The van der Waals surface area contributed by atoms with Crippen LogP contribution in [0.25, 0.3) is 0 Å². The highest BCUT2D eigenvalue weighted by atomic mass is 35.5. The maximum absolute atomic E-state index is 11.6. The number of benzene rings is 1. The van der Waals surface area contributed by atoms with E-state index in [9.17, 15) is 9.90 Å². The molecule has 1 aliphatic heterocycles. The molecule has 0 bridgehead atoms. The summed E-state index contributed by atoms with van der Waals surface area (Å²) in [5.41, 5.74) is 7.57. The van der Waals surface area contributed by atoms with Gasteiger partial charge in [0, 0.05) is 17.4 Å². The molecule has 2 aromatic rings. The van der Waals surface area contributed by atoms with E-state index in [1.807, 2.05) is 19.1 Å². The van der Waals surface area contributed by atoms with Crippen LogP contribution in [0.4, 0.5) is 5.95 Å². The molecule has 1 aromatic heterocycles. The van der Waals surface area contributed by atoms with Crippen molar-refractivity contribution >= 4 is 23.5 Å². The molecule has 7 heteroatoms. The number of aromatic nitrogens is 3. The third-order valence-electron chi connectivity index (χ3n) is 3.98. The van der Waals surface area contributed by atoms with Crippen molar-refractivity contribution in [2.75, 3.05) is 5.73 Å². The first kappa shape index (κ1) is 13.9. The van der Waals surface area contributed by atoms with Crippen LogP contribution in [-0.2, 0) is 17.8 Å². The summed E-state index contributed by atoms with van der Waals surface area (Å²) in [6.45, 7) is 2.40. The van der Waals surface area contributed by atoms with Crippen molar-refractivity contribution in [3.05, 3.63) is 40.2 Å². The van der Waals surface area contributed by atoms with Crippen molar-refractivity contribution in [3.8, 4) is 0 Å². The molecule has 2 heterocycles. The lowest BCUT2D eigenvalue weighted by Gasteiger charge is -2.30. The van der Waals surface area contributed by atoms with E-state index >= 15 is 0 Å². The van der Waals surface area contributed by atoms with E-state index in [1.165, 1.54) is 0 Å². The molecule has 3 N–H and O–H groups in total. The predicted octanol–water partition coefficient (Wildman–Crippen LogP) is 1.86. The highest BCUT2D eigenvalue weighted by Crippen LogP contribution is 2.36. The Morgan fingerprint density at radius 3 is 3.00 bits per heavy atom. The van der Waals surface area contributed by atoms with Crippen molar-refractivity contribution in [2.45, 2.75) is 25.8 Å². The van der Waals surface area contributed by atoms with Crippen LogP contribution in [0, 0.1) is 12.8 Å². The Balaban J connectivity index is 2.07. The molecule has 2 unspecified atom stereocenters. The molecule has 1 aliphatic rings. The molecule has 6 nitrogen and oxygen atoms in total. The molecule has 0 saturated carbocycles. The number of hydrogen-bond acceptors (Lipinski definition) is 4. The molecule has 21 heavy (non-hydrogen) atoms. The fourth-order valence-corrected chi connectivity index (χ4v) is 3.11. The lowest BCUT2D eigenvalue weighted by atomic mass is 9.80. The van der Waals surface area contributed by atoms with Gasteiger partial charge in [0.2, 0.25) is 5.95 Å². The van der Waals surface area contributed by atoms with Gasteiger partial charge in [-0.3, -0.25) is 4.79 Å². The summed E-state index contributed by atoms with van der Waals surface area (Å²) >= 11 is 6.07. The Labute approximate surface area is 126 Å². The maximum atomic E-state index is 11.6. The lowest BCUT2D eigenvalue weighted by Crippen LogP contribution is -2.34. The molecule has 0 amide bonds. The van der Waals surface area contributed by atoms with Gasteiger partial charge in [-0.05, 0) is 30.2 Å². The minimum Gasteiger partial charge on any atom is -0.481 e. The highest BCUT2D eigenvalue weighted by molar-refractivity contribution is 6.30. The van der Waals surface area contributed by atoms with Crippen LogP contribution in [0.5, 0.6) is 0 Å². The zero-order valence-corrected chi connectivity index (χ0v) is 12.2. The summed E-state index contributed by atoms with van der Waals surface area (Å²) in [6.07, 6.45) is 0.316. The summed E-state index contributed by atoms with van der Waals surface area (Å²) in [5, 5.41) is 14.3. The quantitative estimate of drug-likeness (QED) is 0.883. The van der Waals surface area contributed by atoms with Crippen LogP contribution in [0.3, 0.4) is 0 Å². The summed E-state index contributed by atoms with van der Waals surface area (Å²) < 4.78 is 1.69. The van der Waals surface area contributed by atoms with Crippen LogP contribution < -0.4 is 5.73 Å². The number of nitrogens with two attached hydrogens (primary N) is 1. The number of carbonyl (C=O) groups is 1. The van der Waals surface area contributed by atoms with Crippen LogP contribution in [-0.4, -0.2) is 25.8 Å². The lowest BCUT2D eigenvalue weighted by molar-refractivity contribution is -0.143. The molecule has 1 aromatic carbocycles. The molecule has 110 valence electrons. The topological polar surface area (TPSA) is 94.0 Å². The molecule has 3 rings (SSSR count). The number of anilines is 1. The summed E-state index contributed by atoms with van der Waals surface area (Å²) in [7, 11) is 0. The number of carboxylic acids is 1. The fraction of sp³-hybridized carbons (Fsp3) is 0.357. The van der Waals surface area contributed by atoms with Crippen molar-refractivity contribution < 1.29 is 9.90 Å². The van der Waals surface area contributed by atoms with Crippen molar-refractivity contribution in [2.24, 2.45) is 5.92 Å². The largest absolute Gasteiger partial charge is 0.481 e. The number of fused-ring (bicyclic) bond motifs is 1. The van der Waals surface area contributed by atoms with E-state index in [1.54, 1.807) is 10.7 Å². The van der Waals surface area contributed by atoms with Gasteiger partial charge in [-0.1, -0.05) is 17.7 Å². The van der Waals surface area contributed by atoms with Crippen molar-refractivity contribution in [1.29, 1.82) is 0 Å². The Kier molecular flexibility index (Phi) is 3.33. The van der Waals surface area contributed by atoms with Gasteiger partial charge in [0.25, 0.3) is 0 Å². The van der Waals surface area contributed by atoms with Crippen molar-refractivity contribution in [3.63, 3.8) is 0 Å². The van der Waals surface area contributed by atoms with E-state index < -0.39 is 11.9 Å². The number of carboxylic acid groups (broad SMARTS) is 1. The van der Waals surface area contributed by atoms with Crippen molar-refractivity contribution in [1.82, 2.24) is 14.8 Å². The molecular formula is C14H15ClN4O2. The smallest absolute Gasteiger partial charge is 0.307 e. The Morgan fingerprint density at radius 1 is 1.52 bits per heavy atom. The third kappa shape index (κ3) is 2.47. The van der Waals surface area contributed by atoms with Gasteiger partial charge in [-0.25, -0.2) is 4.68 Å². The number of aliphatic carboxylic acids is 1. The zero-order valence-electron chi connectivity index (χ0n) is 11.5. The number of aryl methyl sites for hydroxylation is 1. The monoisotopic (exact) mass is 306 g/mol. The van der Waals surface area contributed by atoms with Gasteiger partial charge in [0.1, 0.15) is 5.82 Å². The van der Waals surface area contributed by atoms with Crippen LogP contribution >= 0.6 is 11.6 Å². The Morgan fingerprint density at radius 2 is 2.29 bits per heavy atom. The summed E-state index contributed by atoms with van der Waals surface area (Å²) in [5.74, 6) is -0.798. The first-order chi connectivity index (χ1) is 9.95. The van der Waals surface area contributed by atoms with E-state index in [0.717, 1.165) is 11.1 Å². The van der Waals surface area contributed by atoms with Crippen LogP contribution in [0.15, 0.2) is 18.2 Å². The van der Waals surface area contributed by atoms with Gasteiger partial charge in [-0.2, -0.15) is 4.98 Å². The van der Waals surface area contributed by atoms with Gasteiger partial charge >= 0.3 is 5.97 Å². The second-order valence-electron chi connectivity index (χ2n) is 5.32. The SMILES string of the molecule is Cc1ccc(Cl)cc1C1Cn2nc(N)nc2CC1C(=O)O. The van der Waals surface area contributed by atoms with E-state index in [0.29, 0.717) is 23.8 Å². The molecule has 0 saturated heterocycles. The number of hydrogen-bond donors (Lipinski definition) is 2. The number of nitrogen functional groups attached to an aromatic ring is 1. The van der Waals surface area contributed by atoms with Crippen LogP contribution in [0.1, 0.15) is 22.9 Å². The first-order valence-electron chi connectivity index (χ1n) is 6.63. The molecular weight excluding hydrogens is 292 g/mol. The van der Waals surface area contributed by atoms with Gasteiger partial charge in [0.15, 0.2) is 0 Å². The second kappa shape index (κ2) is 5.04. The molecule has 0 fully saturated rings. The third-order valence-corrected chi connectivity index (χ3v) is 4.22.